The summed E-state index contributed by atoms with van der Waals surface area (Å²) in [5.41, 5.74) is 4.94. The second-order valence-corrected chi connectivity index (χ2v) is 6.97. The van der Waals surface area contributed by atoms with Crippen LogP contribution in [0.3, 0.4) is 0 Å². The van der Waals surface area contributed by atoms with Gasteiger partial charge < -0.3 is 9.47 Å². The Hall–Kier alpha value is -2.29. The summed E-state index contributed by atoms with van der Waals surface area (Å²) in [4.78, 5) is 11.6. The van der Waals surface area contributed by atoms with E-state index in [4.69, 9.17) is 9.47 Å². The molecule has 126 valence electrons. The van der Waals surface area contributed by atoms with Crippen molar-refractivity contribution in [2.45, 2.75) is 53.1 Å². The molecule has 0 aliphatic carbocycles. The topological polar surface area (TPSA) is 35.5 Å². The molecule has 0 aromatic heterocycles. The minimum atomic E-state index is -0.422. The van der Waals surface area contributed by atoms with Gasteiger partial charge in [0.1, 0.15) is 17.1 Å². The molecular weight excluding hydrogens is 300 g/mol. The Morgan fingerprint density at radius 2 is 1.96 bits per heavy atom. The van der Waals surface area contributed by atoms with E-state index in [2.05, 4.69) is 52.0 Å². The summed E-state index contributed by atoms with van der Waals surface area (Å²) in [5.74, 6) is 1.07. The van der Waals surface area contributed by atoms with Gasteiger partial charge in [0.05, 0.1) is 5.56 Å². The van der Waals surface area contributed by atoms with Crippen molar-refractivity contribution in [3.63, 3.8) is 0 Å². The summed E-state index contributed by atoms with van der Waals surface area (Å²) >= 11 is 0. The van der Waals surface area contributed by atoms with Crippen LogP contribution < -0.4 is 9.47 Å². The van der Waals surface area contributed by atoms with Gasteiger partial charge >= 0.3 is 5.97 Å². The SMILES string of the molecule is CCCc1cc(OC(C)=O)c2c(c1)OC(C)(C)c1ccc(C)cc1-2. The lowest BCUT2D eigenvalue weighted by Crippen LogP contribution is -2.29. The van der Waals surface area contributed by atoms with E-state index in [1.54, 1.807) is 0 Å². The number of carbonyl (C=O) groups is 1. The van der Waals surface area contributed by atoms with Crippen molar-refractivity contribution in [3.8, 4) is 22.6 Å². The van der Waals surface area contributed by atoms with Crippen molar-refractivity contribution in [1.82, 2.24) is 0 Å². The monoisotopic (exact) mass is 324 g/mol. The molecule has 0 saturated heterocycles. The molecule has 0 amide bonds. The molecule has 3 rings (SSSR count). The predicted molar refractivity (Wildman–Crippen MR) is 95.6 cm³/mol. The maximum Gasteiger partial charge on any atom is 0.308 e. The van der Waals surface area contributed by atoms with Crippen LogP contribution in [0.4, 0.5) is 0 Å². The van der Waals surface area contributed by atoms with Crippen LogP contribution in [0.15, 0.2) is 30.3 Å². The van der Waals surface area contributed by atoms with Crippen LogP contribution in [0.25, 0.3) is 11.1 Å². The highest BCUT2D eigenvalue weighted by atomic mass is 16.5. The van der Waals surface area contributed by atoms with Gasteiger partial charge in [-0.25, -0.2) is 0 Å². The quantitative estimate of drug-likeness (QED) is 0.577. The number of rotatable bonds is 3. The number of hydrogen-bond acceptors (Lipinski definition) is 3. The molecule has 0 saturated carbocycles. The van der Waals surface area contributed by atoms with Crippen LogP contribution in [0.1, 0.15) is 50.8 Å². The molecule has 0 N–H and O–H groups in total. The van der Waals surface area contributed by atoms with Gasteiger partial charge in [-0.15, -0.1) is 0 Å². The zero-order chi connectivity index (χ0) is 17.5. The highest BCUT2D eigenvalue weighted by molar-refractivity contribution is 5.85. The third kappa shape index (κ3) is 2.91. The number of aryl methyl sites for hydroxylation is 2. The van der Waals surface area contributed by atoms with E-state index in [1.807, 2.05) is 6.07 Å². The molecule has 2 aromatic rings. The lowest BCUT2D eigenvalue weighted by atomic mass is 9.84. The van der Waals surface area contributed by atoms with E-state index in [0.29, 0.717) is 5.75 Å². The predicted octanol–water partition coefficient (Wildman–Crippen LogP) is 5.17. The second-order valence-electron chi connectivity index (χ2n) is 6.97. The van der Waals surface area contributed by atoms with Gasteiger partial charge in [-0.05, 0) is 50.5 Å². The average molecular weight is 324 g/mol. The Morgan fingerprint density at radius 1 is 1.21 bits per heavy atom. The molecule has 0 unspecified atom stereocenters. The van der Waals surface area contributed by atoms with Gasteiger partial charge in [-0.2, -0.15) is 0 Å². The van der Waals surface area contributed by atoms with Crippen LogP contribution >= 0.6 is 0 Å². The molecule has 3 nitrogen and oxygen atoms in total. The van der Waals surface area contributed by atoms with Crippen LogP contribution in [-0.2, 0) is 16.8 Å². The number of ether oxygens (including phenoxy) is 2. The third-order valence-electron chi connectivity index (χ3n) is 4.38. The largest absolute Gasteiger partial charge is 0.482 e. The smallest absolute Gasteiger partial charge is 0.308 e. The lowest BCUT2D eigenvalue weighted by Gasteiger charge is -2.36. The highest BCUT2D eigenvalue weighted by Gasteiger charge is 2.34. The molecule has 3 heteroatoms. The molecule has 2 aromatic carbocycles. The van der Waals surface area contributed by atoms with E-state index in [1.165, 1.54) is 12.5 Å². The van der Waals surface area contributed by atoms with Gasteiger partial charge in [-0.3, -0.25) is 4.79 Å². The van der Waals surface area contributed by atoms with Gasteiger partial charge in [0.25, 0.3) is 0 Å². The number of fused-ring (bicyclic) bond motifs is 3. The molecule has 0 radical (unpaired) electrons. The van der Waals surface area contributed by atoms with Gasteiger partial charge in [0, 0.05) is 12.5 Å². The average Bonchev–Trinajstić information content (AvgIpc) is 2.45. The lowest BCUT2D eigenvalue weighted by molar-refractivity contribution is -0.131. The zero-order valence-electron chi connectivity index (χ0n) is 15.0. The molecule has 0 fully saturated rings. The Kier molecular flexibility index (Phi) is 4.12. The maximum absolute atomic E-state index is 11.6. The van der Waals surface area contributed by atoms with E-state index in [-0.39, 0.29) is 5.97 Å². The molecule has 24 heavy (non-hydrogen) atoms. The van der Waals surface area contributed by atoms with Crippen LogP contribution in [0.2, 0.25) is 0 Å². The summed E-state index contributed by atoms with van der Waals surface area (Å²) in [7, 11) is 0. The van der Waals surface area contributed by atoms with Gasteiger partial charge in [-0.1, -0.05) is 37.1 Å². The fraction of sp³-hybridized carbons (Fsp3) is 0.381. The van der Waals surface area contributed by atoms with Crippen LogP contribution in [-0.4, -0.2) is 5.97 Å². The van der Waals surface area contributed by atoms with E-state index >= 15 is 0 Å². The molecular formula is C21H24O3. The molecule has 0 atom stereocenters. The van der Waals surface area contributed by atoms with Crippen LogP contribution in [0.5, 0.6) is 11.5 Å². The van der Waals surface area contributed by atoms with Crippen molar-refractivity contribution >= 4 is 5.97 Å². The van der Waals surface area contributed by atoms with Gasteiger partial charge in [0.2, 0.25) is 0 Å². The maximum atomic E-state index is 11.6. The van der Waals surface area contributed by atoms with Gasteiger partial charge in [0.15, 0.2) is 0 Å². The van der Waals surface area contributed by atoms with Crippen molar-refractivity contribution in [1.29, 1.82) is 0 Å². The Labute approximate surface area is 143 Å². The Morgan fingerprint density at radius 3 is 2.62 bits per heavy atom. The van der Waals surface area contributed by atoms with Crippen molar-refractivity contribution < 1.29 is 14.3 Å². The highest BCUT2D eigenvalue weighted by Crippen LogP contribution is 2.50. The first kappa shape index (κ1) is 16.6. The first-order chi connectivity index (χ1) is 11.3. The minimum Gasteiger partial charge on any atom is -0.482 e. The summed E-state index contributed by atoms with van der Waals surface area (Å²) in [6, 6.07) is 10.4. The first-order valence-corrected chi connectivity index (χ1v) is 8.47. The fourth-order valence-electron chi connectivity index (χ4n) is 3.38. The van der Waals surface area contributed by atoms with Crippen molar-refractivity contribution in [2.75, 3.05) is 0 Å². The zero-order valence-corrected chi connectivity index (χ0v) is 15.0. The van der Waals surface area contributed by atoms with E-state index in [0.717, 1.165) is 40.8 Å². The molecule has 1 heterocycles. The molecule has 1 aliphatic rings. The van der Waals surface area contributed by atoms with Crippen LogP contribution in [0, 0.1) is 6.92 Å². The fourth-order valence-corrected chi connectivity index (χ4v) is 3.38. The van der Waals surface area contributed by atoms with E-state index < -0.39 is 5.60 Å². The standard InChI is InChI=1S/C21H24O3/c1-6-7-15-11-18(23-14(3)22)20-16-10-13(2)8-9-17(16)21(4,5)24-19(20)12-15/h8-12H,6-7H2,1-5H3. The summed E-state index contributed by atoms with van der Waals surface area (Å²) in [6.45, 7) is 9.78. The van der Waals surface area contributed by atoms with E-state index in [9.17, 15) is 4.79 Å². The summed E-state index contributed by atoms with van der Waals surface area (Å²) in [5, 5.41) is 0. The summed E-state index contributed by atoms with van der Waals surface area (Å²) in [6.07, 6.45) is 1.95. The minimum absolute atomic E-state index is 0.315. The first-order valence-electron chi connectivity index (χ1n) is 8.47. The Balaban J connectivity index is 2.29. The summed E-state index contributed by atoms with van der Waals surface area (Å²) < 4.78 is 11.8. The third-order valence-corrected chi connectivity index (χ3v) is 4.38. The molecule has 1 aliphatic heterocycles. The normalized spacial score (nSPS) is 14.4. The second kappa shape index (κ2) is 5.97. The molecule has 0 spiro atoms. The number of hydrogen-bond donors (Lipinski definition) is 0. The van der Waals surface area contributed by atoms with Crippen molar-refractivity contribution in [3.05, 3.63) is 47.0 Å². The molecule has 0 bridgehead atoms. The number of benzene rings is 2. The number of esters is 1. The Bertz CT molecular complexity index is 803. The van der Waals surface area contributed by atoms with Crippen molar-refractivity contribution in [2.24, 2.45) is 0 Å². The number of carbonyl (C=O) groups excluding carboxylic acids is 1.